The van der Waals surface area contributed by atoms with Crippen molar-refractivity contribution in [3.8, 4) is 0 Å². The van der Waals surface area contributed by atoms with Crippen molar-refractivity contribution >= 4 is 34.8 Å². The van der Waals surface area contributed by atoms with Gasteiger partial charge in [0.1, 0.15) is 0 Å². The summed E-state index contributed by atoms with van der Waals surface area (Å²) >= 11 is 12.0. The minimum atomic E-state index is 0.592. The first-order chi connectivity index (χ1) is 9.69. The highest BCUT2D eigenvalue weighted by atomic mass is 35.5. The average Bonchev–Trinajstić information content (AvgIpc) is 2.81. The number of hydrogen-bond acceptors (Lipinski definition) is 3. The normalized spacial score (nSPS) is 10.8. The first kappa shape index (κ1) is 15.2. The second-order valence-electron chi connectivity index (χ2n) is 4.28. The maximum atomic E-state index is 5.98. The monoisotopic (exact) mass is 313 g/mol. The van der Waals surface area contributed by atoms with Gasteiger partial charge in [0, 0.05) is 47.9 Å². The highest BCUT2D eigenvalue weighted by molar-refractivity contribution is 6.35. The molecule has 0 bridgehead atoms. The molecule has 0 saturated carbocycles. The highest BCUT2D eigenvalue weighted by Crippen LogP contribution is 2.24. The smallest absolute Gasteiger partial charge is 0.207 e. The molecule has 1 heterocycles. The summed E-state index contributed by atoms with van der Waals surface area (Å²) in [5.41, 5.74) is 0.819. The standard InChI is InChI=1S/C14H17Cl2N3O/c1-2-20-7-3-5-19-6-4-17-14(19)18-13-9-11(15)8-12(16)10-13/h4,6,8-10H,2-3,5,7H2,1H3,(H,17,18). The maximum absolute atomic E-state index is 5.98. The molecular weight excluding hydrogens is 297 g/mol. The molecule has 4 nitrogen and oxygen atoms in total. The fraction of sp³-hybridized carbons (Fsp3) is 0.357. The van der Waals surface area contributed by atoms with Crippen molar-refractivity contribution in [1.82, 2.24) is 9.55 Å². The van der Waals surface area contributed by atoms with Gasteiger partial charge in [0.25, 0.3) is 0 Å². The second kappa shape index (κ2) is 7.53. The van der Waals surface area contributed by atoms with Crippen LogP contribution < -0.4 is 5.32 Å². The van der Waals surface area contributed by atoms with Crippen LogP contribution in [0.3, 0.4) is 0 Å². The van der Waals surface area contributed by atoms with Crippen molar-refractivity contribution in [2.75, 3.05) is 18.5 Å². The van der Waals surface area contributed by atoms with Gasteiger partial charge in [0.15, 0.2) is 0 Å². The lowest BCUT2D eigenvalue weighted by Crippen LogP contribution is -2.06. The fourth-order valence-electron chi connectivity index (χ4n) is 1.85. The SMILES string of the molecule is CCOCCCn1ccnc1Nc1cc(Cl)cc(Cl)c1. The van der Waals surface area contributed by atoms with Crippen molar-refractivity contribution in [1.29, 1.82) is 0 Å². The van der Waals surface area contributed by atoms with Crippen LogP contribution in [0.15, 0.2) is 30.6 Å². The fourth-order valence-corrected chi connectivity index (χ4v) is 2.38. The molecule has 0 unspecified atom stereocenters. The van der Waals surface area contributed by atoms with Gasteiger partial charge in [-0.3, -0.25) is 0 Å². The van der Waals surface area contributed by atoms with Gasteiger partial charge in [-0.2, -0.15) is 0 Å². The van der Waals surface area contributed by atoms with E-state index in [1.807, 2.05) is 29.8 Å². The molecule has 0 aliphatic heterocycles. The van der Waals surface area contributed by atoms with E-state index in [1.165, 1.54) is 0 Å². The van der Waals surface area contributed by atoms with Crippen molar-refractivity contribution < 1.29 is 4.74 Å². The average molecular weight is 314 g/mol. The van der Waals surface area contributed by atoms with Crippen LogP contribution in [0.4, 0.5) is 11.6 Å². The summed E-state index contributed by atoms with van der Waals surface area (Å²) in [5.74, 6) is 0.764. The van der Waals surface area contributed by atoms with E-state index in [1.54, 1.807) is 12.3 Å². The van der Waals surface area contributed by atoms with Crippen LogP contribution >= 0.6 is 23.2 Å². The lowest BCUT2D eigenvalue weighted by molar-refractivity contribution is 0.142. The number of ether oxygens (including phenoxy) is 1. The predicted octanol–water partition coefficient (Wildman–Crippen LogP) is 4.36. The van der Waals surface area contributed by atoms with Gasteiger partial charge in [-0.05, 0) is 31.5 Å². The summed E-state index contributed by atoms with van der Waals surface area (Å²) in [6.45, 7) is 4.33. The van der Waals surface area contributed by atoms with E-state index in [-0.39, 0.29) is 0 Å². The molecule has 2 rings (SSSR count). The molecular formula is C14H17Cl2N3O. The highest BCUT2D eigenvalue weighted by Gasteiger charge is 2.04. The number of nitrogens with zero attached hydrogens (tertiary/aromatic N) is 2. The molecule has 1 aromatic carbocycles. The van der Waals surface area contributed by atoms with Gasteiger partial charge >= 0.3 is 0 Å². The molecule has 0 atom stereocenters. The van der Waals surface area contributed by atoms with Gasteiger partial charge in [0.05, 0.1) is 0 Å². The lowest BCUT2D eigenvalue weighted by Gasteiger charge is -2.10. The predicted molar refractivity (Wildman–Crippen MR) is 83.1 cm³/mol. The molecule has 0 fully saturated rings. The van der Waals surface area contributed by atoms with E-state index in [0.717, 1.165) is 37.8 Å². The van der Waals surface area contributed by atoms with E-state index >= 15 is 0 Å². The summed E-state index contributed by atoms with van der Waals surface area (Å²) in [4.78, 5) is 4.29. The van der Waals surface area contributed by atoms with E-state index < -0.39 is 0 Å². The van der Waals surface area contributed by atoms with E-state index in [4.69, 9.17) is 27.9 Å². The molecule has 0 amide bonds. The Kier molecular flexibility index (Phi) is 5.71. The maximum Gasteiger partial charge on any atom is 0.207 e. The second-order valence-corrected chi connectivity index (χ2v) is 5.15. The lowest BCUT2D eigenvalue weighted by atomic mass is 10.3. The Labute approximate surface area is 128 Å². The first-order valence-corrected chi connectivity index (χ1v) is 7.26. The van der Waals surface area contributed by atoms with Crippen LogP contribution in [0.1, 0.15) is 13.3 Å². The molecule has 2 aromatic rings. The zero-order valence-electron chi connectivity index (χ0n) is 11.3. The van der Waals surface area contributed by atoms with Crippen LogP contribution in [0.2, 0.25) is 10.0 Å². The molecule has 0 aliphatic carbocycles. The third kappa shape index (κ3) is 4.40. The Morgan fingerprint density at radius 3 is 2.70 bits per heavy atom. The minimum absolute atomic E-state index is 0.592. The quantitative estimate of drug-likeness (QED) is 0.772. The summed E-state index contributed by atoms with van der Waals surface area (Å²) in [5, 5.41) is 4.40. The number of nitrogens with one attached hydrogen (secondary N) is 1. The number of halogens is 2. The first-order valence-electron chi connectivity index (χ1n) is 6.51. The minimum Gasteiger partial charge on any atom is -0.382 e. The van der Waals surface area contributed by atoms with Gasteiger partial charge < -0.3 is 14.6 Å². The topological polar surface area (TPSA) is 39.1 Å². The summed E-state index contributed by atoms with van der Waals surface area (Å²) < 4.78 is 7.37. The Hall–Kier alpha value is -1.23. The molecule has 1 aromatic heterocycles. The third-order valence-corrected chi connectivity index (χ3v) is 3.16. The van der Waals surface area contributed by atoms with E-state index in [2.05, 4.69) is 10.3 Å². The molecule has 108 valence electrons. The molecule has 0 saturated heterocycles. The number of imidazole rings is 1. The number of aryl methyl sites for hydroxylation is 1. The number of rotatable bonds is 7. The Balaban J connectivity index is 2.00. The molecule has 1 N–H and O–H groups in total. The summed E-state index contributed by atoms with van der Waals surface area (Å²) in [6.07, 6.45) is 4.63. The van der Waals surface area contributed by atoms with Crippen LogP contribution in [-0.2, 0) is 11.3 Å². The van der Waals surface area contributed by atoms with Gasteiger partial charge in [0.2, 0.25) is 5.95 Å². The zero-order chi connectivity index (χ0) is 14.4. The molecule has 0 spiro atoms. The molecule has 20 heavy (non-hydrogen) atoms. The van der Waals surface area contributed by atoms with Crippen molar-refractivity contribution in [2.24, 2.45) is 0 Å². The Morgan fingerprint density at radius 1 is 1.25 bits per heavy atom. The Bertz CT molecular complexity index is 537. The van der Waals surface area contributed by atoms with Crippen LogP contribution in [-0.4, -0.2) is 22.8 Å². The van der Waals surface area contributed by atoms with Crippen LogP contribution in [0.5, 0.6) is 0 Å². The van der Waals surface area contributed by atoms with Crippen LogP contribution in [0, 0.1) is 0 Å². The molecule has 0 aliphatic rings. The van der Waals surface area contributed by atoms with E-state index in [9.17, 15) is 0 Å². The van der Waals surface area contributed by atoms with Gasteiger partial charge in [-0.15, -0.1) is 0 Å². The van der Waals surface area contributed by atoms with Crippen molar-refractivity contribution in [3.05, 3.63) is 40.6 Å². The third-order valence-electron chi connectivity index (χ3n) is 2.73. The summed E-state index contributed by atoms with van der Waals surface area (Å²) in [7, 11) is 0. The van der Waals surface area contributed by atoms with Crippen LogP contribution in [0.25, 0.3) is 0 Å². The molecule has 0 radical (unpaired) electrons. The van der Waals surface area contributed by atoms with Gasteiger partial charge in [-0.25, -0.2) is 4.98 Å². The van der Waals surface area contributed by atoms with Crippen molar-refractivity contribution in [2.45, 2.75) is 19.9 Å². The number of aromatic nitrogens is 2. The Morgan fingerprint density at radius 2 is 2.00 bits per heavy atom. The van der Waals surface area contributed by atoms with Crippen molar-refractivity contribution in [3.63, 3.8) is 0 Å². The zero-order valence-corrected chi connectivity index (χ0v) is 12.8. The van der Waals surface area contributed by atoms with E-state index in [0.29, 0.717) is 10.0 Å². The largest absolute Gasteiger partial charge is 0.382 e. The summed E-state index contributed by atoms with van der Waals surface area (Å²) in [6, 6.07) is 5.32. The van der Waals surface area contributed by atoms with Gasteiger partial charge in [-0.1, -0.05) is 23.2 Å². The molecule has 6 heteroatoms. The number of benzene rings is 1. The number of hydrogen-bond donors (Lipinski definition) is 1. The number of anilines is 2.